The van der Waals surface area contributed by atoms with Gasteiger partial charge in [-0.25, -0.2) is 0 Å². The summed E-state index contributed by atoms with van der Waals surface area (Å²) in [4.78, 5) is 10.9. The molecule has 0 spiro atoms. The molecule has 0 heterocycles. The highest BCUT2D eigenvalue weighted by Crippen LogP contribution is 2.20. The Morgan fingerprint density at radius 3 is 2.54 bits per heavy atom. The molecule has 72 valence electrons. The van der Waals surface area contributed by atoms with Crippen LogP contribution < -0.4 is 5.73 Å². The standard InChI is InChI=1S/C10H15NO2/c1-13-10(12)6-8-2-4-9(7-11)5-3-8/h2,4H,3,5-7,11H2,1H3. The minimum Gasteiger partial charge on any atom is -0.469 e. The SMILES string of the molecule is COC(=O)CC1=CC=C(CN)CC1. The number of ether oxygens (including phenoxy) is 1. The van der Waals surface area contributed by atoms with E-state index in [1.54, 1.807) is 0 Å². The summed E-state index contributed by atoms with van der Waals surface area (Å²) >= 11 is 0. The summed E-state index contributed by atoms with van der Waals surface area (Å²) < 4.78 is 4.58. The largest absolute Gasteiger partial charge is 0.469 e. The molecule has 0 fully saturated rings. The number of esters is 1. The van der Waals surface area contributed by atoms with Gasteiger partial charge in [-0.05, 0) is 12.8 Å². The zero-order valence-corrected chi connectivity index (χ0v) is 7.88. The van der Waals surface area contributed by atoms with Crippen LogP contribution in [-0.4, -0.2) is 19.6 Å². The fourth-order valence-corrected chi connectivity index (χ4v) is 1.30. The van der Waals surface area contributed by atoms with Crippen molar-refractivity contribution < 1.29 is 9.53 Å². The smallest absolute Gasteiger partial charge is 0.309 e. The molecular weight excluding hydrogens is 166 g/mol. The van der Waals surface area contributed by atoms with E-state index in [-0.39, 0.29) is 5.97 Å². The lowest BCUT2D eigenvalue weighted by molar-refractivity contribution is -0.139. The van der Waals surface area contributed by atoms with Crippen molar-refractivity contribution in [1.82, 2.24) is 0 Å². The van der Waals surface area contributed by atoms with Gasteiger partial charge in [-0.1, -0.05) is 23.3 Å². The van der Waals surface area contributed by atoms with E-state index in [1.807, 2.05) is 12.2 Å². The van der Waals surface area contributed by atoms with E-state index in [4.69, 9.17) is 5.73 Å². The van der Waals surface area contributed by atoms with Crippen molar-refractivity contribution in [1.29, 1.82) is 0 Å². The average molecular weight is 181 g/mol. The Balaban J connectivity index is 2.50. The summed E-state index contributed by atoms with van der Waals surface area (Å²) in [5.41, 5.74) is 7.86. The summed E-state index contributed by atoms with van der Waals surface area (Å²) in [5, 5.41) is 0. The van der Waals surface area contributed by atoms with Gasteiger partial charge in [0.1, 0.15) is 0 Å². The molecule has 0 atom stereocenters. The number of hydrogen-bond acceptors (Lipinski definition) is 3. The van der Waals surface area contributed by atoms with Crippen LogP contribution in [0.2, 0.25) is 0 Å². The predicted octanol–water partition coefficient (Wildman–Crippen LogP) is 1.15. The van der Waals surface area contributed by atoms with E-state index in [0.29, 0.717) is 13.0 Å². The maximum atomic E-state index is 10.9. The van der Waals surface area contributed by atoms with E-state index in [1.165, 1.54) is 12.7 Å². The molecule has 2 N–H and O–H groups in total. The number of methoxy groups -OCH3 is 1. The molecular formula is C10H15NO2. The summed E-state index contributed by atoms with van der Waals surface area (Å²) in [6.45, 7) is 0.613. The molecule has 1 aliphatic carbocycles. The molecule has 0 aromatic heterocycles. The minimum atomic E-state index is -0.171. The number of hydrogen-bond donors (Lipinski definition) is 1. The zero-order chi connectivity index (χ0) is 9.68. The first-order valence-electron chi connectivity index (χ1n) is 4.40. The highest BCUT2D eigenvalue weighted by Gasteiger charge is 2.09. The van der Waals surface area contributed by atoms with Gasteiger partial charge in [0.05, 0.1) is 13.5 Å². The van der Waals surface area contributed by atoms with Crippen LogP contribution >= 0.6 is 0 Å². The van der Waals surface area contributed by atoms with Crippen LogP contribution in [0.5, 0.6) is 0 Å². The highest BCUT2D eigenvalue weighted by molar-refractivity contribution is 5.72. The van der Waals surface area contributed by atoms with Crippen LogP contribution in [0.3, 0.4) is 0 Å². The fourth-order valence-electron chi connectivity index (χ4n) is 1.30. The summed E-state index contributed by atoms with van der Waals surface area (Å²) in [5.74, 6) is -0.171. The quantitative estimate of drug-likeness (QED) is 0.664. The van der Waals surface area contributed by atoms with E-state index in [2.05, 4.69) is 4.74 Å². The molecule has 3 nitrogen and oxygen atoms in total. The minimum absolute atomic E-state index is 0.171. The summed E-state index contributed by atoms with van der Waals surface area (Å²) in [7, 11) is 1.41. The third-order valence-corrected chi connectivity index (χ3v) is 2.18. The second-order valence-corrected chi connectivity index (χ2v) is 3.11. The maximum absolute atomic E-state index is 10.9. The predicted molar refractivity (Wildman–Crippen MR) is 51.1 cm³/mol. The van der Waals surface area contributed by atoms with Gasteiger partial charge in [0, 0.05) is 6.54 Å². The molecule has 0 bridgehead atoms. The number of rotatable bonds is 3. The van der Waals surface area contributed by atoms with Crippen LogP contribution in [0.25, 0.3) is 0 Å². The number of carbonyl (C=O) groups excluding carboxylic acids is 1. The molecule has 0 aromatic rings. The van der Waals surface area contributed by atoms with Crippen LogP contribution in [0, 0.1) is 0 Å². The van der Waals surface area contributed by atoms with E-state index in [9.17, 15) is 4.79 Å². The third kappa shape index (κ3) is 3.03. The lowest BCUT2D eigenvalue weighted by Gasteiger charge is -2.12. The van der Waals surface area contributed by atoms with Crippen molar-refractivity contribution in [2.75, 3.05) is 13.7 Å². The molecule has 1 rings (SSSR count). The van der Waals surface area contributed by atoms with Gasteiger partial charge < -0.3 is 10.5 Å². The topological polar surface area (TPSA) is 52.3 Å². The first kappa shape index (κ1) is 9.99. The number of carbonyl (C=O) groups is 1. The summed E-state index contributed by atoms with van der Waals surface area (Å²) in [6, 6.07) is 0. The Labute approximate surface area is 78.3 Å². The van der Waals surface area contributed by atoms with Crippen LogP contribution in [0.15, 0.2) is 23.3 Å². The van der Waals surface area contributed by atoms with E-state index >= 15 is 0 Å². The van der Waals surface area contributed by atoms with Gasteiger partial charge in [-0.3, -0.25) is 4.79 Å². The Hall–Kier alpha value is -1.09. The Kier molecular flexibility index (Phi) is 3.71. The first-order valence-corrected chi connectivity index (χ1v) is 4.40. The molecule has 0 saturated heterocycles. The van der Waals surface area contributed by atoms with Crippen LogP contribution in [0.1, 0.15) is 19.3 Å². The van der Waals surface area contributed by atoms with Crippen molar-refractivity contribution in [2.24, 2.45) is 5.73 Å². The molecule has 0 radical (unpaired) electrons. The van der Waals surface area contributed by atoms with Gasteiger partial charge in [-0.2, -0.15) is 0 Å². The first-order chi connectivity index (χ1) is 6.26. The molecule has 3 heteroatoms. The van der Waals surface area contributed by atoms with Crippen molar-refractivity contribution in [3.8, 4) is 0 Å². The Morgan fingerprint density at radius 1 is 1.46 bits per heavy atom. The maximum Gasteiger partial charge on any atom is 0.309 e. The van der Waals surface area contributed by atoms with Crippen molar-refractivity contribution in [3.05, 3.63) is 23.3 Å². The molecule has 13 heavy (non-hydrogen) atoms. The van der Waals surface area contributed by atoms with Crippen molar-refractivity contribution in [2.45, 2.75) is 19.3 Å². The normalized spacial score (nSPS) is 16.2. The van der Waals surface area contributed by atoms with Gasteiger partial charge >= 0.3 is 5.97 Å². The Morgan fingerprint density at radius 2 is 2.08 bits per heavy atom. The number of nitrogens with two attached hydrogens (primary N) is 1. The average Bonchev–Trinajstić information content (AvgIpc) is 2.19. The van der Waals surface area contributed by atoms with E-state index < -0.39 is 0 Å². The highest BCUT2D eigenvalue weighted by atomic mass is 16.5. The van der Waals surface area contributed by atoms with Gasteiger partial charge in [0.2, 0.25) is 0 Å². The van der Waals surface area contributed by atoms with Gasteiger partial charge in [-0.15, -0.1) is 0 Å². The lowest BCUT2D eigenvalue weighted by atomic mass is 9.96. The monoisotopic (exact) mass is 181 g/mol. The third-order valence-electron chi connectivity index (χ3n) is 2.18. The van der Waals surface area contributed by atoms with Crippen molar-refractivity contribution in [3.63, 3.8) is 0 Å². The van der Waals surface area contributed by atoms with E-state index in [0.717, 1.165) is 18.4 Å². The molecule has 1 aliphatic rings. The van der Waals surface area contributed by atoms with Crippen molar-refractivity contribution >= 4 is 5.97 Å². The second kappa shape index (κ2) is 4.82. The number of allylic oxidation sites excluding steroid dienone is 2. The molecule has 0 unspecified atom stereocenters. The van der Waals surface area contributed by atoms with Gasteiger partial charge in [0.25, 0.3) is 0 Å². The molecule has 0 aliphatic heterocycles. The zero-order valence-electron chi connectivity index (χ0n) is 7.88. The lowest BCUT2D eigenvalue weighted by Crippen LogP contribution is -2.08. The van der Waals surface area contributed by atoms with Gasteiger partial charge in [0.15, 0.2) is 0 Å². The fraction of sp³-hybridized carbons (Fsp3) is 0.500. The molecule has 0 saturated carbocycles. The summed E-state index contributed by atoms with van der Waals surface area (Å²) in [6.07, 6.45) is 6.28. The second-order valence-electron chi connectivity index (χ2n) is 3.11. The van der Waals surface area contributed by atoms with Crippen LogP contribution in [-0.2, 0) is 9.53 Å². The molecule has 0 amide bonds. The molecule has 0 aromatic carbocycles. The van der Waals surface area contributed by atoms with Crippen LogP contribution in [0.4, 0.5) is 0 Å². The Bertz CT molecular complexity index is 254.